The van der Waals surface area contributed by atoms with E-state index in [4.69, 9.17) is 5.26 Å². The number of hydrogen-bond acceptors (Lipinski definition) is 3. The van der Waals surface area contributed by atoms with Gasteiger partial charge in [0, 0.05) is 24.3 Å². The molecule has 0 radical (unpaired) electrons. The third-order valence-corrected chi connectivity index (χ3v) is 4.13. The second-order valence-electron chi connectivity index (χ2n) is 6.16. The van der Waals surface area contributed by atoms with Crippen LogP contribution in [0.3, 0.4) is 0 Å². The number of nitrogens with zero attached hydrogens (tertiary/aromatic N) is 4. The SMILES string of the molecule is Cc1cc(C#N)ccc1-c1cnn2c1CC(CN(C)C)C2. The van der Waals surface area contributed by atoms with E-state index in [0.29, 0.717) is 11.5 Å². The molecule has 0 saturated heterocycles. The Morgan fingerprint density at radius 3 is 2.86 bits per heavy atom. The molecule has 3 rings (SSSR count). The zero-order chi connectivity index (χ0) is 15.0. The molecule has 0 aliphatic carbocycles. The van der Waals surface area contributed by atoms with Gasteiger partial charge in [0.2, 0.25) is 0 Å². The summed E-state index contributed by atoms with van der Waals surface area (Å²) in [6.45, 7) is 4.16. The number of aryl methyl sites for hydroxylation is 1. The Morgan fingerprint density at radius 2 is 2.19 bits per heavy atom. The van der Waals surface area contributed by atoms with Gasteiger partial charge in [0.15, 0.2) is 0 Å². The van der Waals surface area contributed by atoms with Gasteiger partial charge in [-0.2, -0.15) is 10.4 Å². The van der Waals surface area contributed by atoms with Gasteiger partial charge in [-0.15, -0.1) is 0 Å². The molecule has 0 amide bonds. The maximum absolute atomic E-state index is 8.99. The van der Waals surface area contributed by atoms with Crippen LogP contribution in [0.2, 0.25) is 0 Å². The van der Waals surface area contributed by atoms with Gasteiger partial charge in [-0.25, -0.2) is 0 Å². The van der Waals surface area contributed by atoms with Crippen molar-refractivity contribution in [3.05, 3.63) is 41.2 Å². The molecule has 21 heavy (non-hydrogen) atoms. The first-order chi connectivity index (χ1) is 10.1. The van der Waals surface area contributed by atoms with Gasteiger partial charge >= 0.3 is 0 Å². The van der Waals surface area contributed by atoms with Gasteiger partial charge < -0.3 is 4.90 Å². The van der Waals surface area contributed by atoms with E-state index < -0.39 is 0 Å². The molecule has 4 nitrogen and oxygen atoms in total. The van der Waals surface area contributed by atoms with Crippen molar-refractivity contribution in [3.8, 4) is 17.2 Å². The van der Waals surface area contributed by atoms with E-state index in [1.807, 2.05) is 24.4 Å². The predicted molar refractivity (Wildman–Crippen MR) is 82.9 cm³/mol. The Bertz CT molecular complexity index is 706. The number of nitriles is 1. The molecule has 2 aromatic rings. The van der Waals surface area contributed by atoms with Crippen molar-refractivity contribution < 1.29 is 0 Å². The highest BCUT2D eigenvalue weighted by atomic mass is 15.3. The molecule has 1 aromatic carbocycles. The Hall–Kier alpha value is -2.12. The monoisotopic (exact) mass is 280 g/mol. The van der Waals surface area contributed by atoms with Crippen LogP contribution in [-0.4, -0.2) is 35.3 Å². The van der Waals surface area contributed by atoms with Gasteiger partial charge in [-0.3, -0.25) is 4.68 Å². The zero-order valence-electron chi connectivity index (χ0n) is 12.8. The van der Waals surface area contributed by atoms with Crippen molar-refractivity contribution in [1.82, 2.24) is 14.7 Å². The summed E-state index contributed by atoms with van der Waals surface area (Å²) >= 11 is 0. The van der Waals surface area contributed by atoms with Crippen LogP contribution in [0.4, 0.5) is 0 Å². The van der Waals surface area contributed by atoms with Crippen LogP contribution in [0.5, 0.6) is 0 Å². The van der Waals surface area contributed by atoms with E-state index in [0.717, 1.165) is 25.1 Å². The van der Waals surface area contributed by atoms with Crippen LogP contribution in [0, 0.1) is 24.2 Å². The normalized spacial score (nSPS) is 17.0. The minimum absolute atomic E-state index is 0.640. The van der Waals surface area contributed by atoms with E-state index in [2.05, 4.69) is 41.8 Å². The van der Waals surface area contributed by atoms with E-state index in [-0.39, 0.29) is 0 Å². The van der Waals surface area contributed by atoms with Crippen molar-refractivity contribution in [3.63, 3.8) is 0 Å². The maximum atomic E-state index is 8.99. The zero-order valence-corrected chi connectivity index (χ0v) is 12.8. The minimum atomic E-state index is 0.640. The number of fused-ring (bicyclic) bond motifs is 1. The molecule has 4 heteroatoms. The summed E-state index contributed by atoms with van der Waals surface area (Å²) in [5, 5.41) is 13.5. The van der Waals surface area contributed by atoms with Gasteiger partial charge in [0.25, 0.3) is 0 Å². The van der Waals surface area contributed by atoms with Crippen molar-refractivity contribution in [2.45, 2.75) is 19.9 Å². The summed E-state index contributed by atoms with van der Waals surface area (Å²) in [4.78, 5) is 2.24. The van der Waals surface area contributed by atoms with Gasteiger partial charge in [-0.1, -0.05) is 6.07 Å². The standard InChI is InChI=1S/C17H20N4/c1-12-6-13(8-18)4-5-15(12)16-9-19-21-11-14(7-17(16)21)10-20(2)3/h4-6,9,14H,7,10-11H2,1-3H3. The van der Waals surface area contributed by atoms with E-state index >= 15 is 0 Å². The second-order valence-corrected chi connectivity index (χ2v) is 6.16. The topological polar surface area (TPSA) is 44.9 Å². The molecule has 0 bridgehead atoms. The molecule has 1 aliphatic heterocycles. The first-order valence-electron chi connectivity index (χ1n) is 7.29. The summed E-state index contributed by atoms with van der Waals surface area (Å²) in [5.41, 5.74) is 5.60. The van der Waals surface area contributed by atoms with E-state index in [1.165, 1.54) is 16.8 Å². The van der Waals surface area contributed by atoms with Crippen LogP contribution in [0.25, 0.3) is 11.1 Å². The van der Waals surface area contributed by atoms with Crippen molar-refractivity contribution in [1.29, 1.82) is 5.26 Å². The smallest absolute Gasteiger partial charge is 0.0991 e. The predicted octanol–water partition coefficient (Wildman–Crippen LogP) is 2.46. The molecular formula is C17H20N4. The highest BCUT2D eigenvalue weighted by Crippen LogP contribution is 2.32. The Morgan fingerprint density at radius 1 is 1.38 bits per heavy atom. The molecule has 1 unspecified atom stereocenters. The molecule has 1 atom stereocenters. The molecule has 2 heterocycles. The lowest BCUT2D eigenvalue weighted by Gasteiger charge is -2.14. The molecule has 0 N–H and O–H groups in total. The molecule has 0 saturated carbocycles. The fourth-order valence-corrected chi connectivity index (χ4v) is 3.26. The molecule has 108 valence electrons. The lowest BCUT2D eigenvalue weighted by Crippen LogP contribution is -2.22. The Labute approximate surface area is 125 Å². The van der Waals surface area contributed by atoms with E-state index in [1.54, 1.807) is 0 Å². The number of rotatable bonds is 3. The lowest BCUT2D eigenvalue weighted by atomic mass is 9.96. The third-order valence-electron chi connectivity index (χ3n) is 4.13. The molecule has 1 aromatic heterocycles. The first-order valence-corrected chi connectivity index (χ1v) is 7.29. The summed E-state index contributed by atoms with van der Waals surface area (Å²) in [6, 6.07) is 8.08. The maximum Gasteiger partial charge on any atom is 0.0991 e. The molecule has 0 spiro atoms. The minimum Gasteiger partial charge on any atom is -0.309 e. The molecule has 0 fully saturated rings. The van der Waals surface area contributed by atoms with Crippen LogP contribution in [0.1, 0.15) is 16.8 Å². The van der Waals surface area contributed by atoms with Gasteiger partial charge in [0.1, 0.15) is 0 Å². The number of hydrogen-bond donors (Lipinski definition) is 0. The van der Waals surface area contributed by atoms with Crippen LogP contribution >= 0.6 is 0 Å². The van der Waals surface area contributed by atoms with Crippen LogP contribution < -0.4 is 0 Å². The van der Waals surface area contributed by atoms with Crippen LogP contribution in [-0.2, 0) is 13.0 Å². The average Bonchev–Trinajstić information content (AvgIpc) is 2.98. The first kappa shape index (κ1) is 13.8. The van der Waals surface area contributed by atoms with Crippen molar-refractivity contribution >= 4 is 0 Å². The Balaban J connectivity index is 1.92. The highest BCUT2D eigenvalue weighted by molar-refractivity contribution is 5.70. The molecule has 1 aliphatic rings. The Kier molecular flexibility index (Phi) is 3.52. The summed E-state index contributed by atoms with van der Waals surface area (Å²) in [6.07, 6.45) is 3.04. The fourth-order valence-electron chi connectivity index (χ4n) is 3.26. The number of aromatic nitrogens is 2. The summed E-state index contributed by atoms with van der Waals surface area (Å²) in [5.74, 6) is 0.640. The third kappa shape index (κ3) is 2.57. The largest absolute Gasteiger partial charge is 0.309 e. The summed E-state index contributed by atoms with van der Waals surface area (Å²) in [7, 11) is 4.24. The quantitative estimate of drug-likeness (QED) is 0.867. The highest BCUT2D eigenvalue weighted by Gasteiger charge is 2.26. The van der Waals surface area contributed by atoms with Crippen molar-refractivity contribution in [2.75, 3.05) is 20.6 Å². The number of benzene rings is 1. The average molecular weight is 280 g/mol. The fraction of sp³-hybridized carbons (Fsp3) is 0.412. The lowest BCUT2D eigenvalue weighted by molar-refractivity contribution is 0.316. The summed E-state index contributed by atoms with van der Waals surface area (Å²) < 4.78 is 2.14. The van der Waals surface area contributed by atoms with Crippen molar-refractivity contribution in [2.24, 2.45) is 5.92 Å². The molecular weight excluding hydrogens is 260 g/mol. The van der Waals surface area contributed by atoms with Gasteiger partial charge in [-0.05, 0) is 56.6 Å². The van der Waals surface area contributed by atoms with Gasteiger partial charge in [0.05, 0.1) is 17.8 Å². The van der Waals surface area contributed by atoms with E-state index in [9.17, 15) is 0 Å². The van der Waals surface area contributed by atoms with Crippen LogP contribution in [0.15, 0.2) is 24.4 Å². The second kappa shape index (κ2) is 5.34.